The number of benzene rings is 1. The van der Waals surface area contributed by atoms with Gasteiger partial charge in [-0.05, 0) is 23.6 Å². The van der Waals surface area contributed by atoms with Crippen LogP contribution >= 0.6 is 15.9 Å². The molecule has 1 aromatic heterocycles. The number of ether oxygens (including phenoxy) is 3. The number of carbonyl (C=O) groups excluding carboxylic acids is 2. The molecule has 2 saturated heterocycles. The highest BCUT2D eigenvalue weighted by Crippen LogP contribution is 2.42. The molecule has 3 heterocycles. The van der Waals surface area contributed by atoms with E-state index in [2.05, 4.69) is 31.2 Å². The molecule has 2 aliphatic rings. The average molecular weight is 507 g/mol. The molecule has 2 aliphatic heterocycles. The van der Waals surface area contributed by atoms with E-state index in [1.54, 1.807) is 11.1 Å². The molecule has 2 amide bonds. The molecule has 2 unspecified atom stereocenters. The number of nitrogens with zero attached hydrogens (tertiary/aromatic N) is 2. The number of aromatic nitrogens is 2. The van der Waals surface area contributed by atoms with E-state index >= 15 is 0 Å². The molecule has 32 heavy (non-hydrogen) atoms. The number of imidazole rings is 1. The SMILES string of the molecule is COC(=O)NC(C(=O)N1CC2(CC1c1ncc(-c3ccc(Br)cc3)[nH]1)OCCO2)C(C)C. The Morgan fingerprint density at radius 2 is 1.97 bits per heavy atom. The summed E-state index contributed by atoms with van der Waals surface area (Å²) in [6.07, 6.45) is 1.57. The number of likely N-dealkylation sites (tertiary alicyclic amines) is 1. The number of aromatic amines is 1. The summed E-state index contributed by atoms with van der Waals surface area (Å²) in [5.74, 6) is -0.586. The Hall–Kier alpha value is -2.43. The van der Waals surface area contributed by atoms with Crippen LogP contribution in [0.4, 0.5) is 4.79 Å². The Morgan fingerprint density at radius 3 is 2.59 bits per heavy atom. The average Bonchev–Trinajstić information content (AvgIpc) is 3.52. The predicted octanol–water partition coefficient (Wildman–Crippen LogP) is 3.24. The van der Waals surface area contributed by atoms with Crippen molar-refractivity contribution in [2.45, 2.75) is 38.1 Å². The normalized spacial score (nSPS) is 20.7. The second-order valence-electron chi connectivity index (χ2n) is 8.34. The van der Waals surface area contributed by atoms with Crippen molar-refractivity contribution in [3.8, 4) is 11.3 Å². The second kappa shape index (κ2) is 9.21. The summed E-state index contributed by atoms with van der Waals surface area (Å²) in [7, 11) is 1.28. The van der Waals surface area contributed by atoms with Gasteiger partial charge in [0, 0.05) is 10.9 Å². The van der Waals surface area contributed by atoms with Crippen LogP contribution in [0.5, 0.6) is 0 Å². The van der Waals surface area contributed by atoms with Gasteiger partial charge < -0.3 is 29.4 Å². The summed E-state index contributed by atoms with van der Waals surface area (Å²) in [6, 6.07) is 6.76. The van der Waals surface area contributed by atoms with Gasteiger partial charge in [-0.15, -0.1) is 0 Å². The van der Waals surface area contributed by atoms with Crippen molar-refractivity contribution in [3.05, 3.63) is 40.8 Å². The zero-order valence-corrected chi connectivity index (χ0v) is 19.8. The lowest BCUT2D eigenvalue weighted by Crippen LogP contribution is -2.52. The van der Waals surface area contributed by atoms with Crippen LogP contribution in [0.25, 0.3) is 11.3 Å². The van der Waals surface area contributed by atoms with E-state index in [1.165, 1.54) is 7.11 Å². The van der Waals surface area contributed by atoms with Gasteiger partial charge in [0.15, 0.2) is 5.79 Å². The molecule has 2 fully saturated rings. The fraction of sp³-hybridized carbons (Fsp3) is 0.500. The van der Waals surface area contributed by atoms with Gasteiger partial charge in [-0.1, -0.05) is 41.9 Å². The van der Waals surface area contributed by atoms with E-state index in [9.17, 15) is 9.59 Å². The van der Waals surface area contributed by atoms with E-state index in [-0.39, 0.29) is 24.4 Å². The van der Waals surface area contributed by atoms with E-state index in [1.807, 2.05) is 38.1 Å². The van der Waals surface area contributed by atoms with Gasteiger partial charge in [-0.2, -0.15) is 0 Å². The number of methoxy groups -OCH3 is 1. The quantitative estimate of drug-likeness (QED) is 0.644. The minimum Gasteiger partial charge on any atom is -0.453 e. The Balaban J connectivity index is 1.63. The molecule has 0 radical (unpaired) electrons. The summed E-state index contributed by atoms with van der Waals surface area (Å²) >= 11 is 3.45. The fourth-order valence-electron chi connectivity index (χ4n) is 4.18. The maximum absolute atomic E-state index is 13.6. The first-order valence-corrected chi connectivity index (χ1v) is 11.3. The summed E-state index contributed by atoms with van der Waals surface area (Å²) < 4.78 is 17.5. The zero-order chi connectivity index (χ0) is 22.9. The lowest BCUT2D eigenvalue weighted by atomic mass is 10.0. The third kappa shape index (κ3) is 4.53. The molecular formula is C22H27BrN4O5. The highest BCUT2D eigenvalue weighted by Gasteiger charge is 2.52. The van der Waals surface area contributed by atoms with Gasteiger partial charge in [0.05, 0.1) is 44.8 Å². The highest BCUT2D eigenvalue weighted by molar-refractivity contribution is 9.10. The third-order valence-electron chi connectivity index (χ3n) is 5.85. The van der Waals surface area contributed by atoms with Gasteiger partial charge in [0.2, 0.25) is 5.91 Å². The largest absolute Gasteiger partial charge is 0.453 e. The number of halogens is 1. The van der Waals surface area contributed by atoms with Crippen molar-refractivity contribution in [1.29, 1.82) is 0 Å². The smallest absolute Gasteiger partial charge is 0.407 e. The number of hydrogen-bond acceptors (Lipinski definition) is 6. The summed E-state index contributed by atoms with van der Waals surface area (Å²) in [6.45, 7) is 4.97. The first-order valence-electron chi connectivity index (χ1n) is 10.6. The van der Waals surface area contributed by atoms with Crippen LogP contribution in [0.2, 0.25) is 0 Å². The summed E-state index contributed by atoms with van der Waals surface area (Å²) in [5, 5.41) is 2.66. The second-order valence-corrected chi connectivity index (χ2v) is 9.26. The highest BCUT2D eigenvalue weighted by atomic mass is 79.9. The minimum absolute atomic E-state index is 0.140. The first kappa shape index (κ1) is 22.8. The van der Waals surface area contributed by atoms with Crippen molar-refractivity contribution in [1.82, 2.24) is 20.2 Å². The number of amides is 2. The first-order chi connectivity index (χ1) is 15.3. The van der Waals surface area contributed by atoms with Crippen LogP contribution in [0.3, 0.4) is 0 Å². The zero-order valence-electron chi connectivity index (χ0n) is 18.3. The van der Waals surface area contributed by atoms with E-state index in [0.29, 0.717) is 25.5 Å². The van der Waals surface area contributed by atoms with E-state index in [4.69, 9.17) is 14.2 Å². The Kier molecular flexibility index (Phi) is 6.55. The van der Waals surface area contributed by atoms with Crippen molar-refractivity contribution in [3.63, 3.8) is 0 Å². The Bertz CT molecular complexity index is 971. The molecule has 2 N–H and O–H groups in total. The van der Waals surface area contributed by atoms with Crippen LogP contribution in [0.1, 0.15) is 32.1 Å². The van der Waals surface area contributed by atoms with Crippen molar-refractivity contribution >= 4 is 27.9 Å². The lowest BCUT2D eigenvalue weighted by molar-refractivity contribution is -0.153. The number of alkyl carbamates (subject to hydrolysis) is 1. The van der Waals surface area contributed by atoms with E-state index < -0.39 is 17.9 Å². The van der Waals surface area contributed by atoms with Crippen molar-refractivity contribution < 1.29 is 23.8 Å². The molecule has 10 heteroatoms. The number of hydrogen-bond donors (Lipinski definition) is 2. The van der Waals surface area contributed by atoms with Gasteiger partial charge in [-0.3, -0.25) is 4.79 Å². The molecule has 4 rings (SSSR count). The summed E-state index contributed by atoms with van der Waals surface area (Å²) in [4.78, 5) is 35.1. The predicted molar refractivity (Wildman–Crippen MR) is 120 cm³/mol. The van der Waals surface area contributed by atoms with Crippen LogP contribution in [0, 0.1) is 5.92 Å². The third-order valence-corrected chi connectivity index (χ3v) is 6.37. The van der Waals surface area contributed by atoms with Crippen LogP contribution in [0.15, 0.2) is 34.9 Å². The molecule has 2 atom stereocenters. The number of H-pyrrole nitrogens is 1. The summed E-state index contributed by atoms with van der Waals surface area (Å²) in [5.41, 5.74) is 1.83. The standard InChI is InChI=1S/C22H27BrN4O5/c1-13(2)18(26-21(29)30-3)20(28)27-12-22(31-8-9-32-22)10-17(27)19-24-11-16(25-19)14-4-6-15(23)7-5-14/h4-7,11,13,17-18H,8-10,12H2,1-3H3,(H,24,25)(H,26,29). The molecule has 1 aromatic carbocycles. The van der Waals surface area contributed by atoms with Gasteiger partial charge in [0.25, 0.3) is 0 Å². The van der Waals surface area contributed by atoms with Gasteiger partial charge in [0.1, 0.15) is 11.9 Å². The maximum atomic E-state index is 13.6. The van der Waals surface area contributed by atoms with E-state index in [0.717, 1.165) is 15.7 Å². The monoisotopic (exact) mass is 506 g/mol. The molecule has 1 spiro atoms. The molecule has 2 aromatic rings. The molecule has 9 nitrogen and oxygen atoms in total. The van der Waals surface area contributed by atoms with Gasteiger partial charge in [-0.25, -0.2) is 9.78 Å². The maximum Gasteiger partial charge on any atom is 0.407 e. The fourth-order valence-corrected chi connectivity index (χ4v) is 4.45. The molecule has 0 saturated carbocycles. The Morgan fingerprint density at radius 1 is 1.28 bits per heavy atom. The molecule has 0 bridgehead atoms. The number of rotatable bonds is 5. The topological polar surface area (TPSA) is 106 Å². The number of carbonyl (C=O) groups is 2. The number of nitrogens with one attached hydrogen (secondary N) is 2. The van der Waals surface area contributed by atoms with Crippen LogP contribution in [-0.4, -0.2) is 65.6 Å². The molecule has 0 aliphatic carbocycles. The van der Waals surface area contributed by atoms with Crippen molar-refractivity contribution in [2.24, 2.45) is 5.92 Å². The molecule has 172 valence electrons. The molecular weight excluding hydrogens is 480 g/mol. The van der Waals surface area contributed by atoms with Crippen LogP contribution < -0.4 is 5.32 Å². The minimum atomic E-state index is -0.863. The lowest BCUT2D eigenvalue weighted by Gasteiger charge is -2.30. The van der Waals surface area contributed by atoms with Crippen molar-refractivity contribution in [2.75, 3.05) is 26.9 Å². The van der Waals surface area contributed by atoms with Gasteiger partial charge >= 0.3 is 6.09 Å². The Labute approximate surface area is 194 Å². The van der Waals surface area contributed by atoms with Crippen LogP contribution in [-0.2, 0) is 19.0 Å².